The molecule has 0 spiro atoms. The van der Waals surface area contributed by atoms with Gasteiger partial charge in [0.15, 0.2) is 5.82 Å². The molecule has 10 heteroatoms. The van der Waals surface area contributed by atoms with Crippen LogP contribution in [0, 0.1) is 17.0 Å². The predicted octanol–water partition coefficient (Wildman–Crippen LogP) is 3.47. The average Bonchev–Trinajstić information content (AvgIpc) is 3.16. The van der Waals surface area contributed by atoms with Crippen molar-refractivity contribution in [1.29, 1.82) is 0 Å². The van der Waals surface area contributed by atoms with E-state index < -0.39 is 22.9 Å². The highest BCUT2D eigenvalue weighted by Crippen LogP contribution is 2.26. The van der Waals surface area contributed by atoms with E-state index in [2.05, 4.69) is 15.8 Å². The van der Waals surface area contributed by atoms with Crippen molar-refractivity contribution in [3.63, 3.8) is 0 Å². The van der Waals surface area contributed by atoms with Crippen LogP contribution < -0.4 is 10.6 Å². The fourth-order valence-corrected chi connectivity index (χ4v) is 2.72. The van der Waals surface area contributed by atoms with Gasteiger partial charge >= 0.3 is 5.97 Å². The van der Waals surface area contributed by atoms with E-state index in [1.54, 1.807) is 44.3 Å². The maximum Gasteiger partial charge on any atom is 0.341 e. The monoisotopic (exact) mass is 410 g/mol. The van der Waals surface area contributed by atoms with Crippen molar-refractivity contribution in [3.8, 4) is 0 Å². The molecular weight excluding hydrogens is 392 g/mol. The summed E-state index contributed by atoms with van der Waals surface area (Å²) in [5.41, 5.74) is 0.391. The number of nitro benzene ring substituents is 1. The average molecular weight is 410 g/mol. The standard InChI is InChI=1S/C20H18N4O6/c1-12-10-17(23-30-12)22-19(25)18(13-6-4-3-5-7-13)29-20(26)15-11-14(24(27)28)8-9-16(15)21-2/h3-11,18,21H,1-2H3,(H,22,23,25)/t18-/m0/s1. The second kappa shape index (κ2) is 8.86. The topological polar surface area (TPSA) is 137 Å². The molecule has 1 atom stereocenters. The first kappa shape index (κ1) is 20.5. The molecule has 0 aliphatic rings. The summed E-state index contributed by atoms with van der Waals surface area (Å²) >= 11 is 0. The molecule has 10 nitrogen and oxygen atoms in total. The number of benzene rings is 2. The van der Waals surface area contributed by atoms with Gasteiger partial charge in [-0.15, -0.1) is 0 Å². The number of aryl methyl sites for hydroxylation is 1. The summed E-state index contributed by atoms with van der Waals surface area (Å²) in [5.74, 6) is -0.891. The van der Waals surface area contributed by atoms with Crippen molar-refractivity contribution < 1.29 is 23.8 Å². The second-order valence-corrected chi connectivity index (χ2v) is 6.25. The molecule has 30 heavy (non-hydrogen) atoms. The molecule has 3 aromatic rings. The highest BCUT2D eigenvalue weighted by atomic mass is 16.6. The van der Waals surface area contributed by atoms with Gasteiger partial charge in [0.05, 0.1) is 10.5 Å². The molecule has 2 aromatic carbocycles. The van der Waals surface area contributed by atoms with Crippen LogP contribution in [0.2, 0.25) is 0 Å². The third-order valence-electron chi connectivity index (χ3n) is 4.15. The molecule has 0 bridgehead atoms. The van der Waals surface area contributed by atoms with Gasteiger partial charge in [-0.05, 0) is 13.0 Å². The number of aromatic nitrogens is 1. The Morgan fingerprint density at radius 2 is 1.90 bits per heavy atom. The first-order valence-electron chi connectivity index (χ1n) is 8.85. The molecule has 0 saturated carbocycles. The van der Waals surface area contributed by atoms with Crippen molar-refractivity contribution in [1.82, 2.24) is 5.16 Å². The SMILES string of the molecule is CNc1ccc([N+](=O)[O-])cc1C(=O)O[C@H](C(=O)Nc1cc(C)on1)c1ccccc1. The second-order valence-electron chi connectivity index (χ2n) is 6.25. The fraction of sp³-hybridized carbons (Fsp3) is 0.150. The molecule has 1 heterocycles. The van der Waals surface area contributed by atoms with E-state index in [9.17, 15) is 19.7 Å². The molecule has 0 fully saturated rings. The molecule has 0 saturated heterocycles. The summed E-state index contributed by atoms with van der Waals surface area (Å²) in [7, 11) is 1.56. The quantitative estimate of drug-likeness (QED) is 0.343. The Bertz CT molecular complexity index is 1080. The minimum Gasteiger partial charge on any atom is -0.444 e. The van der Waals surface area contributed by atoms with Gasteiger partial charge in [-0.1, -0.05) is 35.5 Å². The zero-order valence-corrected chi connectivity index (χ0v) is 16.1. The summed E-state index contributed by atoms with van der Waals surface area (Å²) in [4.78, 5) is 36.1. The lowest BCUT2D eigenvalue weighted by Crippen LogP contribution is -2.26. The lowest BCUT2D eigenvalue weighted by Gasteiger charge is -2.18. The van der Waals surface area contributed by atoms with Gasteiger partial charge in [0, 0.05) is 36.5 Å². The molecule has 3 rings (SSSR count). The predicted molar refractivity (Wildman–Crippen MR) is 107 cm³/mol. The number of nitro groups is 1. The lowest BCUT2D eigenvalue weighted by atomic mass is 10.1. The molecule has 1 aromatic heterocycles. The van der Waals surface area contributed by atoms with Crippen LogP contribution in [0.15, 0.2) is 59.1 Å². The number of rotatable bonds is 7. The van der Waals surface area contributed by atoms with Crippen LogP contribution in [0.1, 0.15) is 27.8 Å². The Kier molecular flexibility index (Phi) is 6.06. The number of ether oxygens (including phenoxy) is 1. The van der Waals surface area contributed by atoms with E-state index in [0.717, 1.165) is 6.07 Å². The van der Waals surface area contributed by atoms with Gasteiger partial charge in [-0.25, -0.2) is 4.79 Å². The molecule has 154 valence electrons. The zero-order chi connectivity index (χ0) is 21.7. The minimum absolute atomic E-state index is 0.0716. The van der Waals surface area contributed by atoms with Crippen LogP contribution in [-0.4, -0.2) is 29.0 Å². The molecule has 0 aliphatic heterocycles. The number of nitrogens with one attached hydrogen (secondary N) is 2. The van der Waals surface area contributed by atoms with Gasteiger partial charge in [-0.2, -0.15) is 0 Å². The van der Waals surface area contributed by atoms with E-state index in [0.29, 0.717) is 17.0 Å². The van der Waals surface area contributed by atoms with Gasteiger partial charge < -0.3 is 19.9 Å². The molecular formula is C20H18N4O6. The Morgan fingerprint density at radius 1 is 1.17 bits per heavy atom. The van der Waals surface area contributed by atoms with E-state index in [4.69, 9.17) is 9.26 Å². The van der Waals surface area contributed by atoms with Crippen LogP contribution >= 0.6 is 0 Å². The normalized spacial score (nSPS) is 11.4. The van der Waals surface area contributed by atoms with Crippen molar-refractivity contribution in [2.75, 3.05) is 17.7 Å². The summed E-state index contributed by atoms with van der Waals surface area (Å²) in [6.45, 7) is 1.67. The summed E-state index contributed by atoms with van der Waals surface area (Å²) in [6.07, 6.45) is -1.32. The van der Waals surface area contributed by atoms with Crippen molar-refractivity contribution in [2.24, 2.45) is 0 Å². The number of anilines is 2. The minimum atomic E-state index is -1.32. The smallest absolute Gasteiger partial charge is 0.341 e. The first-order valence-corrected chi connectivity index (χ1v) is 8.85. The van der Waals surface area contributed by atoms with E-state index in [-0.39, 0.29) is 17.1 Å². The molecule has 0 radical (unpaired) electrons. The number of non-ortho nitro benzene ring substituents is 1. The number of carbonyl (C=O) groups excluding carboxylic acids is 2. The van der Waals surface area contributed by atoms with Gasteiger partial charge in [-0.3, -0.25) is 14.9 Å². The zero-order valence-electron chi connectivity index (χ0n) is 16.1. The van der Waals surface area contributed by atoms with Crippen LogP contribution in [0.25, 0.3) is 0 Å². The Labute approximate surface area is 171 Å². The maximum atomic E-state index is 12.8. The van der Waals surface area contributed by atoms with E-state index >= 15 is 0 Å². The number of hydrogen-bond acceptors (Lipinski definition) is 8. The number of amides is 1. The summed E-state index contributed by atoms with van der Waals surface area (Å²) < 4.78 is 10.4. The van der Waals surface area contributed by atoms with E-state index in [1.807, 2.05) is 0 Å². The van der Waals surface area contributed by atoms with Gasteiger partial charge in [0.2, 0.25) is 6.10 Å². The molecule has 0 aliphatic carbocycles. The van der Waals surface area contributed by atoms with Crippen LogP contribution in [-0.2, 0) is 9.53 Å². The number of carbonyl (C=O) groups is 2. The lowest BCUT2D eigenvalue weighted by molar-refractivity contribution is -0.384. The number of nitrogens with zero attached hydrogens (tertiary/aromatic N) is 2. The van der Waals surface area contributed by atoms with Crippen molar-refractivity contribution in [3.05, 3.63) is 81.6 Å². The highest BCUT2D eigenvalue weighted by Gasteiger charge is 2.28. The third kappa shape index (κ3) is 4.61. The van der Waals surface area contributed by atoms with Crippen LogP contribution in [0.5, 0.6) is 0 Å². The highest BCUT2D eigenvalue weighted by molar-refractivity contribution is 6.00. The van der Waals surface area contributed by atoms with E-state index in [1.165, 1.54) is 18.2 Å². The maximum absolute atomic E-state index is 12.8. The third-order valence-corrected chi connectivity index (χ3v) is 4.15. The Balaban J connectivity index is 1.91. The van der Waals surface area contributed by atoms with Crippen LogP contribution in [0.4, 0.5) is 17.2 Å². The first-order chi connectivity index (χ1) is 14.4. The molecule has 0 unspecified atom stereocenters. The molecule has 1 amide bonds. The fourth-order valence-electron chi connectivity index (χ4n) is 2.72. The van der Waals surface area contributed by atoms with Gasteiger partial charge in [0.1, 0.15) is 5.76 Å². The summed E-state index contributed by atoms with van der Waals surface area (Å²) in [5, 5.41) is 20.1. The Morgan fingerprint density at radius 3 is 2.50 bits per heavy atom. The summed E-state index contributed by atoms with van der Waals surface area (Å²) in [6, 6.07) is 13.6. The van der Waals surface area contributed by atoms with Crippen molar-refractivity contribution in [2.45, 2.75) is 13.0 Å². The van der Waals surface area contributed by atoms with Gasteiger partial charge in [0.25, 0.3) is 11.6 Å². The Hall–Kier alpha value is -4.21. The number of esters is 1. The van der Waals surface area contributed by atoms with Crippen molar-refractivity contribution >= 4 is 29.1 Å². The number of hydrogen-bond donors (Lipinski definition) is 2. The van der Waals surface area contributed by atoms with Crippen LogP contribution in [0.3, 0.4) is 0 Å². The molecule has 2 N–H and O–H groups in total. The largest absolute Gasteiger partial charge is 0.444 e.